The van der Waals surface area contributed by atoms with E-state index in [-0.39, 0.29) is 0 Å². The Labute approximate surface area is 190 Å². The number of rotatable bonds is 10. The van der Waals surface area contributed by atoms with Crippen LogP contribution in [0.2, 0.25) is 0 Å². The molecular formula is C24H34N4O4. The van der Waals surface area contributed by atoms with E-state index in [4.69, 9.17) is 23.9 Å². The van der Waals surface area contributed by atoms with Gasteiger partial charge in [0.1, 0.15) is 0 Å². The molecule has 3 rings (SSSR count). The molecule has 0 amide bonds. The third-order valence-corrected chi connectivity index (χ3v) is 4.67. The molecule has 8 heteroatoms. The quantitative estimate of drug-likeness (QED) is 0.328. The molecular weight excluding hydrogens is 408 g/mol. The summed E-state index contributed by atoms with van der Waals surface area (Å²) in [6, 6.07) is 9.66. The number of pyridine rings is 1. The van der Waals surface area contributed by atoms with Crippen LogP contribution >= 0.6 is 0 Å². The van der Waals surface area contributed by atoms with E-state index in [0.717, 1.165) is 48.7 Å². The van der Waals surface area contributed by atoms with Crippen LogP contribution in [0.15, 0.2) is 41.5 Å². The number of ether oxygens (including phenoxy) is 4. The number of guanidine groups is 1. The summed E-state index contributed by atoms with van der Waals surface area (Å²) in [6.45, 7) is 8.26. The van der Waals surface area contributed by atoms with Crippen molar-refractivity contribution in [3.05, 3.63) is 42.1 Å². The Hall–Kier alpha value is -3.00. The highest BCUT2D eigenvalue weighted by Gasteiger charge is 2.12. The van der Waals surface area contributed by atoms with Gasteiger partial charge < -0.3 is 29.6 Å². The molecule has 0 radical (unpaired) electrons. The summed E-state index contributed by atoms with van der Waals surface area (Å²) in [6.07, 6.45) is 3.46. The normalized spacial score (nSPS) is 13.6. The Kier molecular flexibility index (Phi) is 9.43. The molecule has 1 aromatic heterocycles. The zero-order valence-electron chi connectivity index (χ0n) is 19.2. The third-order valence-electron chi connectivity index (χ3n) is 4.67. The zero-order valence-corrected chi connectivity index (χ0v) is 19.2. The second-order valence-corrected chi connectivity index (χ2v) is 7.92. The molecule has 0 fully saturated rings. The second kappa shape index (κ2) is 12.8. The van der Waals surface area contributed by atoms with Crippen molar-refractivity contribution in [2.75, 3.05) is 45.4 Å². The first-order valence-corrected chi connectivity index (χ1v) is 11.2. The van der Waals surface area contributed by atoms with Crippen LogP contribution in [0.1, 0.15) is 32.3 Å². The second-order valence-electron chi connectivity index (χ2n) is 7.92. The van der Waals surface area contributed by atoms with Gasteiger partial charge in [-0.15, -0.1) is 0 Å². The van der Waals surface area contributed by atoms with Crippen LogP contribution in [0.4, 0.5) is 5.69 Å². The van der Waals surface area contributed by atoms with E-state index in [1.165, 1.54) is 0 Å². The van der Waals surface area contributed by atoms with Crippen LogP contribution in [-0.4, -0.2) is 51.0 Å². The molecule has 0 saturated carbocycles. The van der Waals surface area contributed by atoms with Crippen LogP contribution in [-0.2, 0) is 11.3 Å². The fourth-order valence-corrected chi connectivity index (χ4v) is 3.11. The average molecular weight is 443 g/mol. The van der Waals surface area contributed by atoms with Crippen molar-refractivity contribution >= 4 is 11.6 Å². The van der Waals surface area contributed by atoms with Crippen LogP contribution in [0, 0.1) is 5.92 Å². The summed E-state index contributed by atoms with van der Waals surface area (Å²) in [4.78, 5) is 8.98. The Balaban J connectivity index is 1.66. The van der Waals surface area contributed by atoms with E-state index in [9.17, 15) is 0 Å². The zero-order chi connectivity index (χ0) is 22.6. The summed E-state index contributed by atoms with van der Waals surface area (Å²) < 4.78 is 22.6. The number of hydrogen-bond acceptors (Lipinski definition) is 6. The Bertz CT molecular complexity index is 873. The van der Waals surface area contributed by atoms with Crippen LogP contribution in [0.25, 0.3) is 0 Å². The standard InChI is InChI=1S/C24H34N4O4/c1-18(2)17-30-12-5-11-26-24(27-16-19-7-4-10-25-23(19)29-3)28-20-8-9-21-22(15-20)32-14-6-13-31-21/h4,7-10,15,18H,5-6,11-14,16-17H2,1-3H3,(H2,26,27,28). The van der Waals surface area contributed by atoms with E-state index in [1.54, 1.807) is 13.3 Å². The molecule has 0 spiro atoms. The summed E-state index contributed by atoms with van der Waals surface area (Å²) in [5, 5.41) is 6.75. The molecule has 0 unspecified atom stereocenters. The van der Waals surface area contributed by atoms with Crippen molar-refractivity contribution in [1.82, 2.24) is 10.3 Å². The van der Waals surface area contributed by atoms with E-state index in [0.29, 0.717) is 44.1 Å². The van der Waals surface area contributed by atoms with Crippen molar-refractivity contribution in [1.29, 1.82) is 0 Å². The Morgan fingerprint density at radius 3 is 2.84 bits per heavy atom. The fourth-order valence-electron chi connectivity index (χ4n) is 3.11. The van der Waals surface area contributed by atoms with Gasteiger partial charge in [-0.3, -0.25) is 0 Å². The number of aliphatic imine (C=N–C) groups is 1. The molecule has 1 aromatic carbocycles. The van der Waals surface area contributed by atoms with Crippen LogP contribution in [0.5, 0.6) is 17.4 Å². The molecule has 32 heavy (non-hydrogen) atoms. The van der Waals surface area contributed by atoms with Crippen molar-refractivity contribution in [2.45, 2.75) is 33.2 Å². The first-order valence-electron chi connectivity index (χ1n) is 11.2. The van der Waals surface area contributed by atoms with Gasteiger partial charge in [-0.05, 0) is 30.5 Å². The molecule has 2 heterocycles. The van der Waals surface area contributed by atoms with Gasteiger partial charge in [0.25, 0.3) is 0 Å². The van der Waals surface area contributed by atoms with E-state index >= 15 is 0 Å². The number of nitrogens with zero attached hydrogens (tertiary/aromatic N) is 2. The van der Waals surface area contributed by atoms with Gasteiger partial charge in [0, 0.05) is 49.7 Å². The number of anilines is 1. The van der Waals surface area contributed by atoms with Gasteiger partial charge in [0.15, 0.2) is 17.5 Å². The summed E-state index contributed by atoms with van der Waals surface area (Å²) in [7, 11) is 1.61. The lowest BCUT2D eigenvalue weighted by atomic mass is 10.2. The van der Waals surface area contributed by atoms with Crippen LogP contribution < -0.4 is 24.8 Å². The number of fused-ring (bicyclic) bond motifs is 1. The molecule has 2 aromatic rings. The number of nitrogens with one attached hydrogen (secondary N) is 2. The molecule has 0 atom stereocenters. The lowest BCUT2D eigenvalue weighted by Gasteiger charge is -2.15. The molecule has 1 aliphatic rings. The highest BCUT2D eigenvalue weighted by molar-refractivity contribution is 5.94. The first kappa shape index (κ1) is 23.7. The van der Waals surface area contributed by atoms with Crippen molar-refractivity contribution in [2.24, 2.45) is 10.9 Å². The van der Waals surface area contributed by atoms with Gasteiger partial charge in [-0.2, -0.15) is 0 Å². The lowest BCUT2D eigenvalue weighted by molar-refractivity contribution is 0.108. The number of methoxy groups -OCH3 is 1. The first-order chi connectivity index (χ1) is 15.7. The minimum atomic E-state index is 0.431. The van der Waals surface area contributed by atoms with Crippen molar-refractivity contribution in [3.8, 4) is 17.4 Å². The summed E-state index contributed by atoms with van der Waals surface area (Å²) >= 11 is 0. The number of benzene rings is 1. The molecule has 0 saturated heterocycles. The Morgan fingerprint density at radius 1 is 1.19 bits per heavy atom. The fraction of sp³-hybridized carbons (Fsp3) is 0.500. The Morgan fingerprint density at radius 2 is 2.03 bits per heavy atom. The topological polar surface area (TPSA) is 86.2 Å². The van der Waals surface area contributed by atoms with Crippen LogP contribution in [0.3, 0.4) is 0 Å². The summed E-state index contributed by atoms with van der Waals surface area (Å²) in [5.41, 5.74) is 1.78. The SMILES string of the molecule is COc1ncccc1CN=C(NCCCOCC(C)C)Nc1ccc2c(c1)OCCCO2. The highest BCUT2D eigenvalue weighted by Crippen LogP contribution is 2.32. The molecule has 1 aliphatic heterocycles. The van der Waals surface area contributed by atoms with Gasteiger partial charge >= 0.3 is 0 Å². The minimum absolute atomic E-state index is 0.431. The number of aromatic nitrogens is 1. The smallest absolute Gasteiger partial charge is 0.218 e. The van der Waals surface area contributed by atoms with Gasteiger partial charge in [-0.1, -0.05) is 19.9 Å². The van der Waals surface area contributed by atoms with Gasteiger partial charge in [0.05, 0.1) is 26.9 Å². The maximum atomic E-state index is 5.81. The highest BCUT2D eigenvalue weighted by atomic mass is 16.5. The predicted octanol–water partition coefficient (Wildman–Crippen LogP) is 3.87. The van der Waals surface area contributed by atoms with Crippen molar-refractivity contribution < 1.29 is 18.9 Å². The lowest BCUT2D eigenvalue weighted by Crippen LogP contribution is -2.32. The summed E-state index contributed by atoms with van der Waals surface area (Å²) in [5.74, 6) is 3.28. The maximum Gasteiger partial charge on any atom is 0.218 e. The molecule has 0 bridgehead atoms. The van der Waals surface area contributed by atoms with Gasteiger partial charge in [-0.25, -0.2) is 9.98 Å². The van der Waals surface area contributed by atoms with E-state index < -0.39 is 0 Å². The monoisotopic (exact) mass is 442 g/mol. The molecule has 0 aliphatic carbocycles. The molecule has 174 valence electrons. The predicted molar refractivity (Wildman–Crippen MR) is 126 cm³/mol. The average Bonchev–Trinajstić information content (AvgIpc) is 3.04. The van der Waals surface area contributed by atoms with Gasteiger partial charge in [0.2, 0.25) is 5.88 Å². The van der Waals surface area contributed by atoms with E-state index in [1.807, 2.05) is 30.3 Å². The largest absolute Gasteiger partial charge is 0.490 e. The molecule has 2 N–H and O–H groups in total. The number of hydrogen-bond donors (Lipinski definition) is 2. The molecule has 8 nitrogen and oxygen atoms in total. The van der Waals surface area contributed by atoms with Crippen molar-refractivity contribution in [3.63, 3.8) is 0 Å². The third kappa shape index (κ3) is 7.60. The van der Waals surface area contributed by atoms with E-state index in [2.05, 4.69) is 29.5 Å². The minimum Gasteiger partial charge on any atom is -0.490 e. The maximum absolute atomic E-state index is 5.81.